The number of nitrogens with two attached hydrogens (primary N) is 1. The Balaban J connectivity index is 1.50. The van der Waals surface area contributed by atoms with Gasteiger partial charge in [0.1, 0.15) is 5.75 Å². The van der Waals surface area contributed by atoms with Crippen molar-refractivity contribution in [3.8, 4) is 5.75 Å². The van der Waals surface area contributed by atoms with Crippen LogP contribution in [0.2, 0.25) is 0 Å². The van der Waals surface area contributed by atoms with Crippen LogP contribution in [0.5, 0.6) is 5.75 Å². The Bertz CT molecular complexity index is 1160. The van der Waals surface area contributed by atoms with E-state index in [1.54, 1.807) is 6.92 Å². The molecule has 9 heteroatoms. The number of amides is 2. The molecular formula is C23H27N3O5S. The van der Waals surface area contributed by atoms with Crippen molar-refractivity contribution in [2.75, 3.05) is 18.4 Å². The SMILES string of the molecule is C[C@H](Oc1ccc(S(=O)(=O)N2CCCC2)cc1C(N)=O)C(=O)Nc1ccc2c(c1)CCC2. The summed E-state index contributed by atoms with van der Waals surface area (Å²) in [5.41, 5.74) is 8.63. The first-order valence-electron chi connectivity index (χ1n) is 10.8. The largest absolute Gasteiger partial charge is 0.480 e. The first-order valence-corrected chi connectivity index (χ1v) is 12.2. The fraction of sp³-hybridized carbons (Fsp3) is 0.391. The van der Waals surface area contributed by atoms with Crippen LogP contribution in [0.15, 0.2) is 41.3 Å². The van der Waals surface area contributed by atoms with Crippen LogP contribution in [-0.4, -0.2) is 43.7 Å². The molecule has 1 saturated heterocycles. The van der Waals surface area contributed by atoms with Gasteiger partial charge < -0.3 is 15.8 Å². The summed E-state index contributed by atoms with van der Waals surface area (Å²) in [5, 5.41) is 2.83. The summed E-state index contributed by atoms with van der Waals surface area (Å²) < 4.78 is 32.7. The number of nitrogens with one attached hydrogen (secondary N) is 1. The van der Waals surface area contributed by atoms with Crippen LogP contribution < -0.4 is 15.8 Å². The summed E-state index contributed by atoms with van der Waals surface area (Å²) in [5.74, 6) is -1.15. The van der Waals surface area contributed by atoms with E-state index in [4.69, 9.17) is 10.5 Å². The fourth-order valence-electron chi connectivity index (χ4n) is 4.18. The quantitative estimate of drug-likeness (QED) is 0.662. The highest BCUT2D eigenvalue weighted by Crippen LogP contribution is 2.28. The van der Waals surface area contributed by atoms with Crippen molar-refractivity contribution >= 4 is 27.5 Å². The third kappa shape index (κ3) is 4.49. The number of aryl methyl sites for hydroxylation is 2. The second kappa shape index (κ2) is 8.91. The molecule has 2 aromatic carbocycles. The molecule has 0 unspecified atom stereocenters. The molecule has 2 aliphatic rings. The van der Waals surface area contributed by atoms with Crippen LogP contribution in [0.1, 0.15) is 47.7 Å². The van der Waals surface area contributed by atoms with Gasteiger partial charge >= 0.3 is 0 Å². The molecule has 1 aliphatic carbocycles. The summed E-state index contributed by atoms with van der Waals surface area (Å²) >= 11 is 0. The number of anilines is 1. The molecule has 1 fully saturated rings. The molecule has 0 saturated carbocycles. The van der Waals surface area contributed by atoms with E-state index in [0.717, 1.165) is 32.1 Å². The molecule has 0 aromatic heterocycles. The molecule has 1 aliphatic heterocycles. The first kappa shape index (κ1) is 22.3. The van der Waals surface area contributed by atoms with Crippen LogP contribution >= 0.6 is 0 Å². The van der Waals surface area contributed by atoms with E-state index >= 15 is 0 Å². The van der Waals surface area contributed by atoms with E-state index in [2.05, 4.69) is 5.32 Å². The maximum Gasteiger partial charge on any atom is 0.265 e. The fourth-order valence-corrected chi connectivity index (χ4v) is 5.72. The van der Waals surface area contributed by atoms with Crippen molar-refractivity contribution in [1.82, 2.24) is 4.31 Å². The summed E-state index contributed by atoms with van der Waals surface area (Å²) in [6.07, 6.45) is 3.86. The number of hydrogen-bond donors (Lipinski definition) is 2. The number of hydrogen-bond acceptors (Lipinski definition) is 5. The third-order valence-electron chi connectivity index (χ3n) is 5.96. The lowest BCUT2D eigenvalue weighted by Crippen LogP contribution is -2.31. The van der Waals surface area contributed by atoms with Crippen LogP contribution in [0.25, 0.3) is 0 Å². The Kier molecular flexibility index (Phi) is 6.21. The van der Waals surface area contributed by atoms with Crippen LogP contribution in [-0.2, 0) is 27.7 Å². The highest BCUT2D eigenvalue weighted by molar-refractivity contribution is 7.89. The minimum absolute atomic E-state index is 0.0178. The van der Waals surface area contributed by atoms with Crippen molar-refractivity contribution in [3.05, 3.63) is 53.1 Å². The lowest BCUT2D eigenvalue weighted by Gasteiger charge is -2.19. The smallest absolute Gasteiger partial charge is 0.265 e. The number of primary amides is 1. The van der Waals surface area contributed by atoms with E-state index < -0.39 is 22.0 Å². The third-order valence-corrected chi connectivity index (χ3v) is 7.85. The zero-order valence-electron chi connectivity index (χ0n) is 18.0. The Hall–Kier alpha value is -2.91. The number of benzene rings is 2. The molecule has 0 radical (unpaired) electrons. The molecule has 3 N–H and O–H groups in total. The Morgan fingerprint density at radius 3 is 2.47 bits per heavy atom. The Labute approximate surface area is 187 Å². The van der Waals surface area contributed by atoms with E-state index in [-0.39, 0.29) is 22.1 Å². The van der Waals surface area contributed by atoms with Crippen LogP contribution in [0.4, 0.5) is 5.69 Å². The maximum absolute atomic E-state index is 12.8. The van der Waals surface area contributed by atoms with Crippen molar-refractivity contribution < 1.29 is 22.7 Å². The monoisotopic (exact) mass is 457 g/mol. The topological polar surface area (TPSA) is 119 Å². The molecule has 4 rings (SSSR count). The normalized spacial score (nSPS) is 17.0. The minimum Gasteiger partial charge on any atom is -0.480 e. The molecule has 1 heterocycles. The van der Waals surface area contributed by atoms with Gasteiger partial charge in [0.25, 0.3) is 11.8 Å². The van der Waals surface area contributed by atoms with Crippen molar-refractivity contribution in [1.29, 1.82) is 0 Å². The van der Waals surface area contributed by atoms with Crippen molar-refractivity contribution in [3.63, 3.8) is 0 Å². The first-order chi connectivity index (χ1) is 15.3. The van der Waals surface area contributed by atoms with Gasteiger partial charge in [0.2, 0.25) is 10.0 Å². The molecule has 8 nitrogen and oxygen atoms in total. The molecule has 0 bridgehead atoms. The predicted octanol–water partition coefficient (Wildman–Crippen LogP) is 2.46. The highest BCUT2D eigenvalue weighted by Gasteiger charge is 2.29. The van der Waals surface area contributed by atoms with E-state index in [1.165, 1.54) is 33.6 Å². The van der Waals surface area contributed by atoms with Gasteiger partial charge in [-0.2, -0.15) is 4.31 Å². The van der Waals surface area contributed by atoms with Crippen molar-refractivity contribution in [2.24, 2.45) is 5.73 Å². The lowest BCUT2D eigenvalue weighted by molar-refractivity contribution is -0.122. The molecule has 0 spiro atoms. The predicted molar refractivity (Wildman–Crippen MR) is 120 cm³/mol. The molecule has 1 atom stereocenters. The number of carbonyl (C=O) groups is 2. The minimum atomic E-state index is -3.71. The van der Waals surface area contributed by atoms with Crippen LogP contribution in [0, 0.1) is 0 Å². The van der Waals surface area contributed by atoms with Gasteiger partial charge in [-0.3, -0.25) is 9.59 Å². The summed E-state index contributed by atoms with van der Waals surface area (Å²) in [7, 11) is -3.71. The second-order valence-corrected chi connectivity index (χ2v) is 10.2. The molecule has 2 amide bonds. The number of carbonyl (C=O) groups excluding carboxylic acids is 2. The van der Waals surface area contributed by atoms with Gasteiger partial charge in [0, 0.05) is 18.8 Å². The number of sulfonamides is 1. The Morgan fingerprint density at radius 1 is 1.03 bits per heavy atom. The van der Waals surface area contributed by atoms with Gasteiger partial charge in [-0.25, -0.2) is 8.42 Å². The van der Waals surface area contributed by atoms with Gasteiger partial charge in [0.05, 0.1) is 10.5 Å². The number of ether oxygens (including phenoxy) is 1. The summed E-state index contributed by atoms with van der Waals surface area (Å²) in [4.78, 5) is 24.6. The molecular weight excluding hydrogens is 430 g/mol. The highest BCUT2D eigenvalue weighted by atomic mass is 32.2. The van der Waals surface area contributed by atoms with E-state index in [9.17, 15) is 18.0 Å². The van der Waals surface area contributed by atoms with E-state index in [1.807, 2.05) is 18.2 Å². The Morgan fingerprint density at radius 2 is 1.75 bits per heavy atom. The number of fused-ring (bicyclic) bond motifs is 1. The van der Waals surface area contributed by atoms with Gasteiger partial charge in [-0.05, 0) is 80.5 Å². The van der Waals surface area contributed by atoms with Gasteiger partial charge in [-0.1, -0.05) is 6.07 Å². The lowest BCUT2D eigenvalue weighted by atomic mass is 10.1. The standard InChI is InChI=1S/C23H27N3O5S/c1-15(23(28)25-18-8-7-16-5-4-6-17(16)13-18)31-21-10-9-19(14-20(21)22(24)27)32(29,30)26-11-2-3-12-26/h7-10,13-15H,2-6,11-12H2,1H3,(H2,24,27)(H,25,28)/t15-/m0/s1. The number of rotatable bonds is 7. The zero-order chi connectivity index (χ0) is 22.9. The average Bonchev–Trinajstić information content (AvgIpc) is 3.45. The molecule has 170 valence electrons. The summed E-state index contributed by atoms with van der Waals surface area (Å²) in [6, 6.07) is 9.83. The average molecular weight is 458 g/mol. The maximum atomic E-state index is 12.8. The zero-order valence-corrected chi connectivity index (χ0v) is 18.8. The number of nitrogens with zero attached hydrogens (tertiary/aromatic N) is 1. The molecule has 2 aromatic rings. The molecule has 32 heavy (non-hydrogen) atoms. The van der Waals surface area contributed by atoms with Crippen molar-refractivity contribution in [2.45, 2.75) is 50.0 Å². The van der Waals surface area contributed by atoms with Crippen LogP contribution in [0.3, 0.4) is 0 Å². The second-order valence-electron chi connectivity index (χ2n) is 8.22. The van der Waals surface area contributed by atoms with Gasteiger partial charge in [-0.15, -0.1) is 0 Å². The van der Waals surface area contributed by atoms with Gasteiger partial charge in [0.15, 0.2) is 6.10 Å². The van der Waals surface area contributed by atoms with E-state index in [0.29, 0.717) is 18.8 Å². The summed E-state index contributed by atoms with van der Waals surface area (Å²) in [6.45, 7) is 2.46.